The molecular weight excluding hydrogens is 523 g/mol. The van der Waals surface area contributed by atoms with Crippen molar-refractivity contribution in [3.8, 4) is 0 Å². The summed E-state index contributed by atoms with van der Waals surface area (Å²) in [5.41, 5.74) is 1.59. The summed E-state index contributed by atoms with van der Waals surface area (Å²) in [4.78, 5) is 0.236. The third-order valence-corrected chi connectivity index (χ3v) is 15.2. The van der Waals surface area contributed by atoms with Crippen LogP contribution in [0.25, 0.3) is 0 Å². The molecule has 0 saturated heterocycles. The molecule has 0 fully saturated rings. The summed E-state index contributed by atoms with van der Waals surface area (Å²) in [6.45, 7) is 23.0. The lowest BCUT2D eigenvalue weighted by molar-refractivity contribution is -0.495. The lowest BCUT2D eigenvalue weighted by Crippen LogP contribution is -2.54. The van der Waals surface area contributed by atoms with Gasteiger partial charge in [0.15, 0.2) is 8.32 Å². The van der Waals surface area contributed by atoms with Gasteiger partial charge in [-0.2, -0.15) is 8.42 Å². The molecule has 1 aliphatic heterocycles. The second kappa shape index (κ2) is 13.0. The minimum Gasteiger partial charge on any atom is -0.404 e. The van der Waals surface area contributed by atoms with Crippen LogP contribution in [-0.4, -0.2) is 73.4 Å². The number of nitrogens with zero attached hydrogens (tertiary/aromatic N) is 1. The summed E-state index contributed by atoms with van der Waals surface area (Å²) in [5, 5.41) is -0.0175. The summed E-state index contributed by atoms with van der Waals surface area (Å²) in [6, 6.07) is 8.00. The first-order valence-electron chi connectivity index (χ1n) is 13.4. The zero-order valence-electron chi connectivity index (χ0n) is 24.7. The Kier molecular flexibility index (Phi) is 11.3. The van der Waals surface area contributed by atoms with Crippen molar-refractivity contribution in [1.82, 2.24) is 0 Å². The highest BCUT2D eigenvalue weighted by molar-refractivity contribution is 7.85. The summed E-state index contributed by atoms with van der Waals surface area (Å²) in [6.07, 6.45) is 0.238. The van der Waals surface area contributed by atoms with E-state index in [0.717, 1.165) is 11.6 Å². The maximum absolute atomic E-state index is 14.0. The quantitative estimate of drug-likeness (QED) is 0.125. The molecule has 0 aromatic heterocycles. The molecule has 1 aromatic rings. The fourth-order valence-corrected chi connectivity index (χ4v) is 7.58. The Morgan fingerprint density at radius 3 is 2.16 bits per heavy atom. The number of benzene rings is 1. The lowest BCUT2D eigenvalue weighted by Gasteiger charge is -2.40. The number of sulfonamides is 1. The van der Waals surface area contributed by atoms with Crippen molar-refractivity contribution in [1.29, 1.82) is 0 Å². The van der Waals surface area contributed by atoms with Crippen molar-refractivity contribution in [2.45, 2.75) is 109 Å². The van der Waals surface area contributed by atoms with Crippen LogP contribution in [0.15, 0.2) is 29.2 Å². The molecule has 10 heteroatoms. The van der Waals surface area contributed by atoms with E-state index in [-0.39, 0.29) is 29.4 Å². The molecule has 212 valence electrons. The van der Waals surface area contributed by atoms with E-state index < -0.39 is 32.6 Å². The van der Waals surface area contributed by atoms with Crippen LogP contribution >= 0.6 is 0 Å². The first kappa shape index (κ1) is 32.3. The molecule has 0 N–H and O–H groups in total. The normalized spacial score (nSPS) is 19.9. The summed E-state index contributed by atoms with van der Waals surface area (Å²) < 4.78 is 54.0. The Bertz CT molecular complexity index is 1010. The van der Waals surface area contributed by atoms with Gasteiger partial charge in [0, 0.05) is 21.1 Å². The van der Waals surface area contributed by atoms with Gasteiger partial charge in [-0.25, -0.2) is 0 Å². The molecule has 1 aliphatic rings. The molecule has 0 aliphatic carbocycles. The van der Waals surface area contributed by atoms with Crippen molar-refractivity contribution in [3.05, 3.63) is 29.8 Å². The van der Waals surface area contributed by atoms with Gasteiger partial charge in [0.2, 0.25) is 5.71 Å². The average molecular weight is 573 g/mol. The molecule has 0 bridgehead atoms. The van der Waals surface area contributed by atoms with Crippen molar-refractivity contribution < 1.29 is 31.0 Å². The van der Waals surface area contributed by atoms with Gasteiger partial charge < -0.3 is 18.6 Å². The van der Waals surface area contributed by atoms with Gasteiger partial charge in [-0.1, -0.05) is 62.1 Å². The third-order valence-electron chi connectivity index (χ3n) is 7.19. The fraction of sp³-hybridized carbons (Fsp3) is 0.741. The zero-order valence-corrected chi connectivity index (χ0v) is 27.5. The van der Waals surface area contributed by atoms with E-state index in [9.17, 15) is 8.42 Å². The van der Waals surface area contributed by atoms with Crippen molar-refractivity contribution in [2.75, 3.05) is 26.6 Å². The molecule has 2 atom stereocenters. The van der Waals surface area contributed by atoms with E-state index in [1.807, 2.05) is 26.0 Å². The van der Waals surface area contributed by atoms with Crippen LogP contribution in [0.2, 0.25) is 43.8 Å². The molecule has 1 aromatic carbocycles. The van der Waals surface area contributed by atoms with Gasteiger partial charge >= 0.3 is 10.0 Å². The molecule has 0 radical (unpaired) electrons. The minimum absolute atomic E-state index is 0.0175. The predicted molar refractivity (Wildman–Crippen MR) is 155 cm³/mol. The van der Waals surface area contributed by atoms with Crippen molar-refractivity contribution in [3.63, 3.8) is 0 Å². The van der Waals surface area contributed by atoms with E-state index in [0.29, 0.717) is 31.8 Å². The number of ether oxygens (including phenoxy) is 3. The average Bonchev–Trinajstić information content (AvgIpc) is 2.76. The van der Waals surface area contributed by atoms with E-state index >= 15 is 0 Å². The third kappa shape index (κ3) is 9.08. The number of aryl methyl sites for hydroxylation is 1. The highest BCUT2D eigenvalue weighted by atomic mass is 32.2. The van der Waals surface area contributed by atoms with E-state index in [1.165, 1.54) is 3.98 Å². The Morgan fingerprint density at radius 1 is 1.00 bits per heavy atom. The van der Waals surface area contributed by atoms with Gasteiger partial charge in [0.25, 0.3) is 6.23 Å². The Labute approximate surface area is 227 Å². The monoisotopic (exact) mass is 572 g/mol. The number of hydrogen-bond acceptors (Lipinski definition) is 6. The van der Waals surface area contributed by atoms with E-state index in [4.69, 9.17) is 18.6 Å². The second-order valence-electron chi connectivity index (χ2n) is 12.6. The number of hydrogen-bond donors (Lipinski definition) is 0. The molecule has 0 amide bonds. The predicted octanol–water partition coefficient (Wildman–Crippen LogP) is 6.01. The largest absolute Gasteiger partial charge is 0.404 e. The van der Waals surface area contributed by atoms with Crippen LogP contribution < -0.4 is 0 Å². The summed E-state index contributed by atoms with van der Waals surface area (Å²) in [5.74, 6) is 0. The van der Waals surface area contributed by atoms with Crippen LogP contribution in [0.1, 0.15) is 46.1 Å². The first-order chi connectivity index (χ1) is 17.0. The summed E-state index contributed by atoms with van der Waals surface area (Å²) in [7, 11) is -7.30. The van der Waals surface area contributed by atoms with E-state index in [1.54, 1.807) is 12.1 Å². The van der Waals surface area contributed by atoms with Gasteiger partial charge in [0.1, 0.15) is 24.4 Å². The maximum atomic E-state index is 14.0. The van der Waals surface area contributed by atoms with Crippen molar-refractivity contribution >= 4 is 32.1 Å². The molecule has 37 heavy (non-hydrogen) atoms. The topological polar surface area (TPSA) is 74.1 Å². The fourth-order valence-electron chi connectivity index (χ4n) is 3.84. The van der Waals surface area contributed by atoms with Crippen LogP contribution in [0, 0.1) is 6.92 Å². The molecular formula is C27H50NO6SSi2+. The first-order valence-corrected chi connectivity index (χ1v) is 21.5. The Hall–Kier alpha value is -0.886. The highest BCUT2D eigenvalue weighted by Gasteiger charge is 2.49. The van der Waals surface area contributed by atoms with E-state index in [2.05, 4.69) is 53.5 Å². The van der Waals surface area contributed by atoms with Crippen LogP contribution in [0.5, 0.6) is 0 Å². The Balaban J connectivity index is 2.48. The van der Waals surface area contributed by atoms with Gasteiger partial charge in [-0.3, -0.25) is 0 Å². The second-order valence-corrected chi connectivity index (χ2v) is 24.8. The lowest BCUT2D eigenvalue weighted by atomic mass is 10.1. The highest BCUT2D eigenvalue weighted by Crippen LogP contribution is 2.39. The van der Waals surface area contributed by atoms with Gasteiger partial charge in [-0.05, 0) is 56.6 Å². The van der Waals surface area contributed by atoms with Gasteiger partial charge in [-0.15, -0.1) is 0 Å². The van der Waals surface area contributed by atoms with Crippen LogP contribution in [0.4, 0.5) is 0 Å². The van der Waals surface area contributed by atoms with Gasteiger partial charge in [0.05, 0.1) is 6.61 Å². The van der Waals surface area contributed by atoms with Crippen molar-refractivity contribution in [2.24, 2.45) is 0 Å². The molecule has 2 rings (SSSR count). The smallest absolute Gasteiger partial charge is 0.397 e. The minimum atomic E-state index is -3.90. The standard InChI is InChI=1S/C27H50NO6SSi2/c1-11-33-26-17-16-25(34-37(9,10)27(3,4)5)24(20-32-21-31-18-19-36(6,7)8)28(26)35(29,30)23-14-12-22(2)13-15-23/h12-15,25-26H,11,16-21H2,1-10H3/q+1. The Morgan fingerprint density at radius 2 is 1.62 bits per heavy atom. The zero-order chi connectivity index (χ0) is 28.1. The van der Waals surface area contributed by atoms with Crippen LogP contribution in [-0.2, 0) is 28.7 Å². The molecule has 0 spiro atoms. The number of rotatable bonds is 13. The SMILES string of the molecule is CCOC1CCC(O[Si](C)(C)C(C)(C)C)C(COCOCC[Si](C)(C)C)=[N+]1S(=O)(=O)c1ccc(C)cc1. The molecule has 7 nitrogen and oxygen atoms in total. The molecule has 2 unspecified atom stereocenters. The summed E-state index contributed by atoms with van der Waals surface area (Å²) >= 11 is 0. The maximum Gasteiger partial charge on any atom is 0.397 e. The van der Waals surface area contributed by atoms with Crippen LogP contribution in [0.3, 0.4) is 0 Å². The molecule has 1 heterocycles. The molecule has 0 saturated carbocycles.